The highest BCUT2D eigenvalue weighted by Crippen LogP contribution is 2.32. The van der Waals surface area contributed by atoms with Gasteiger partial charge in [-0.3, -0.25) is 4.90 Å². The van der Waals surface area contributed by atoms with Gasteiger partial charge in [-0.15, -0.1) is 0 Å². The molecule has 162 valence electrons. The van der Waals surface area contributed by atoms with Crippen LogP contribution in [0.25, 0.3) is 0 Å². The summed E-state index contributed by atoms with van der Waals surface area (Å²) in [6.45, 7) is 9.19. The Morgan fingerprint density at radius 2 is 1.40 bits per heavy atom. The number of rotatable bonds is 7. The van der Waals surface area contributed by atoms with Crippen molar-refractivity contribution in [3.63, 3.8) is 0 Å². The molecular weight excluding hydrogens is 413 g/mol. The van der Waals surface area contributed by atoms with Crippen LogP contribution in [0, 0.1) is 5.92 Å². The van der Waals surface area contributed by atoms with Crippen molar-refractivity contribution in [1.82, 2.24) is 9.80 Å². The molecule has 0 spiro atoms. The second kappa shape index (κ2) is 10.9. The second-order valence-corrected chi connectivity index (χ2v) is 9.52. The molecule has 0 aliphatic carbocycles. The molecule has 0 amide bonds. The van der Waals surface area contributed by atoms with E-state index in [1.165, 1.54) is 57.4 Å². The van der Waals surface area contributed by atoms with Gasteiger partial charge in [0.2, 0.25) is 0 Å². The number of piperazine rings is 1. The number of nitrogens with zero attached hydrogens (tertiary/aromatic N) is 3. The summed E-state index contributed by atoms with van der Waals surface area (Å²) in [5.41, 5.74) is 2.57. The van der Waals surface area contributed by atoms with E-state index < -0.39 is 0 Å². The topological polar surface area (TPSA) is 9.72 Å². The summed E-state index contributed by atoms with van der Waals surface area (Å²) in [5, 5.41) is 1.33. The molecule has 2 aromatic rings. The van der Waals surface area contributed by atoms with Crippen LogP contribution < -0.4 is 4.90 Å². The number of piperidine rings is 1. The Morgan fingerprint density at radius 3 is 2.10 bits per heavy atom. The van der Waals surface area contributed by atoms with Crippen molar-refractivity contribution in [1.29, 1.82) is 0 Å². The van der Waals surface area contributed by atoms with E-state index in [9.17, 15) is 0 Å². The first-order valence-corrected chi connectivity index (χ1v) is 12.1. The summed E-state index contributed by atoms with van der Waals surface area (Å²) in [5.74, 6) is 0.857. The fourth-order valence-corrected chi connectivity index (χ4v) is 5.24. The van der Waals surface area contributed by atoms with Gasteiger partial charge in [0.25, 0.3) is 0 Å². The van der Waals surface area contributed by atoms with Crippen LogP contribution in [0.4, 0.5) is 5.69 Å². The minimum absolute atomic E-state index is 0.643. The standard InChI is InChI=1S/C25H33Cl2N3/c26-23-8-4-9-24(25(23)27)30-18-16-29(17-19-30)13-5-12-28-14-10-22(11-15-28)20-21-6-2-1-3-7-21/h1-4,6-9,22H,5,10-20H2. The highest BCUT2D eigenvalue weighted by molar-refractivity contribution is 6.43. The van der Waals surface area contributed by atoms with Crippen molar-refractivity contribution in [2.24, 2.45) is 5.92 Å². The molecule has 2 fully saturated rings. The van der Waals surface area contributed by atoms with Crippen LogP contribution in [-0.4, -0.2) is 62.2 Å². The lowest BCUT2D eigenvalue weighted by Crippen LogP contribution is -2.47. The lowest BCUT2D eigenvalue weighted by molar-refractivity contribution is 0.169. The number of likely N-dealkylation sites (tertiary alicyclic amines) is 1. The molecule has 0 radical (unpaired) electrons. The Morgan fingerprint density at radius 1 is 0.733 bits per heavy atom. The molecule has 3 nitrogen and oxygen atoms in total. The van der Waals surface area contributed by atoms with E-state index >= 15 is 0 Å². The summed E-state index contributed by atoms with van der Waals surface area (Å²) in [4.78, 5) is 7.63. The van der Waals surface area contributed by atoms with E-state index in [1.807, 2.05) is 12.1 Å². The van der Waals surface area contributed by atoms with Crippen molar-refractivity contribution >= 4 is 28.9 Å². The zero-order valence-electron chi connectivity index (χ0n) is 17.8. The van der Waals surface area contributed by atoms with Gasteiger partial charge in [0.1, 0.15) is 0 Å². The van der Waals surface area contributed by atoms with Crippen molar-refractivity contribution in [3.05, 3.63) is 64.1 Å². The molecule has 0 unspecified atom stereocenters. The summed E-state index contributed by atoms with van der Waals surface area (Å²) in [6.07, 6.45) is 5.19. The van der Waals surface area contributed by atoms with Gasteiger partial charge in [0.15, 0.2) is 0 Å². The predicted molar refractivity (Wildman–Crippen MR) is 129 cm³/mol. The van der Waals surface area contributed by atoms with Crippen molar-refractivity contribution in [3.8, 4) is 0 Å². The van der Waals surface area contributed by atoms with Crippen LogP contribution in [0.5, 0.6) is 0 Å². The Hall–Kier alpha value is -1.26. The number of anilines is 1. The average Bonchev–Trinajstić information content (AvgIpc) is 2.78. The van der Waals surface area contributed by atoms with Crippen LogP contribution in [0.2, 0.25) is 10.0 Å². The van der Waals surface area contributed by atoms with E-state index in [4.69, 9.17) is 23.2 Å². The number of benzene rings is 2. The van der Waals surface area contributed by atoms with Crippen molar-refractivity contribution in [2.45, 2.75) is 25.7 Å². The van der Waals surface area contributed by atoms with Gasteiger partial charge in [-0.2, -0.15) is 0 Å². The number of halogens is 2. The van der Waals surface area contributed by atoms with Crippen LogP contribution in [0.15, 0.2) is 48.5 Å². The van der Waals surface area contributed by atoms with E-state index in [0.717, 1.165) is 37.8 Å². The van der Waals surface area contributed by atoms with E-state index in [0.29, 0.717) is 10.0 Å². The maximum Gasteiger partial charge on any atom is 0.0825 e. The Kier molecular flexibility index (Phi) is 7.95. The molecule has 5 heteroatoms. The van der Waals surface area contributed by atoms with Gasteiger partial charge in [-0.25, -0.2) is 0 Å². The molecule has 4 rings (SSSR count). The maximum atomic E-state index is 6.40. The molecule has 0 saturated carbocycles. The highest BCUT2D eigenvalue weighted by atomic mass is 35.5. The molecule has 2 heterocycles. The van der Waals surface area contributed by atoms with Crippen molar-refractivity contribution in [2.75, 3.05) is 57.3 Å². The molecule has 30 heavy (non-hydrogen) atoms. The molecule has 0 atom stereocenters. The minimum Gasteiger partial charge on any atom is -0.368 e. The minimum atomic E-state index is 0.643. The normalized spacial score (nSPS) is 19.3. The average molecular weight is 446 g/mol. The summed E-state index contributed by atoms with van der Waals surface area (Å²) >= 11 is 12.6. The third kappa shape index (κ3) is 5.91. The van der Waals surface area contributed by atoms with Crippen LogP contribution in [0.1, 0.15) is 24.8 Å². The Labute approximate surface area is 191 Å². The fourth-order valence-electron chi connectivity index (χ4n) is 4.83. The van der Waals surface area contributed by atoms with Gasteiger partial charge in [-0.1, -0.05) is 59.6 Å². The van der Waals surface area contributed by atoms with Crippen LogP contribution >= 0.6 is 23.2 Å². The Bertz CT molecular complexity index is 782. The van der Waals surface area contributed by atoms with E-state index in [2.05, 4.69) is 51.1 Å². The van der Waals surface area contributed by atoms with E-state index in [1.54, 1.807) is 0 Å². The molecule has 0 bridgehead atoms. The van der Waals surface area contributed by atoms with Gasteiger partial charge in [0, 0.05) is 26.2 Å². The number of hydrogen-bond acceptors (Lipinski definition) is 3. The number of hydrogen-bond donors (Lipinski definition) is 0. The second-order valence-electron chi connectivity index (χ2n) is 8.73. The first-order valence-electron chi connectivity index (χ1n) is 11.4. The summed E-state index contributed by atoms with van der Waals surface area (Å²) in [7, 11) is 0. The molecule has 2 aromatic carbocycles. The smallest absolute Gasteiger partial charge is 0.0825 e. The van der Waals surface area contributed by atoms with Gasteiger partial charge < -0.3 is 9.80 Å². The molecule has 2 aliphatic rings. The van der Waals surface area contributed by atoms with Gasteiger partial charge in [-0.05, 0) is 75.5 Å². The molecule has 2 aliphatic heterocycles. The zero-order chi connectivity index (χ0) is 20.8. The highest BCUT2D eigenvalue weighted by Gasteiger charge is 2.21. The largest absolute Gasteiger partial charge is 0.368 e. The third-order valence-electron chi connectivity index (χ3n) is 6.67. The summed E-state index contributed by atoms with van der Waals surface area (Å²) < 4.78 is 0. The monoisotopic (exact) mass is 445 g/mol. The molecular formula is C25H33Cl2N3. The van der Waals surface area contributed by atoms with E-state index in [-0.39, 0.29) is 0 Å². The lowest BCUT2D eigenvalue weighted by atomic mass is 9.90. The maximum absolute atomic E-state index is 6.40. The lowest BCUT2D eigenvalue weighted by Gasteiger charge is -2.37. The third-order valence-corrected chi connectivity index (χ3v) is 7.48. The SMILES string of the molecule is Clc1cccc(N2CCN(CCCN3CCC(Cc4ccccc4)CC3)CC2)c1Cl. The van der Waals surface area contributed by atoms with Crippen LogP contribution in [0.3, 0.4) is 0 Å². The quantitative estimate of drug-likeness (QED) is 0.559. The summed E-state index contributed by atoms with van der Waals surface area (Å²) in [6, 6.07) is 16.9. The molecule has 2 saturated heterocycles. The first-order chi connectivity index (χ1) is 14.7. The zero-order valence-corrected chi connectivity index (χ0v) is 19.3. The molecule has 0 N–H and O–H groups in total. The van der Waals surface area contributed by atoms with Crippen LogP contribution in [-0.2, 0) is 6.42 Å². The Balaban J connectivity index is 1.12. The fraction of sp³-hybridized carbons (Fsp3) is 0.520. The van der Waals surface area contributed by atoms with Crippen molar-refractivity contribution < 1.29 is 0 Å². The molecule has 0 aromatic heterocycles. The predicted octanol–water partition coefficient (Wildman–Crippen LogP) is 5.46. The van der Waals surface area contributed by atoms with Gasteiger partial charge >= 0.3 is 0 Å². The first kappa shape index (κ1) is 22.0. The van der Waals surface area contributed by atoms with Gasteiger partial charge in [0.05, 0.1) is 15.7 Å².